The van der Waals surface area contributed by atoms with Crippen molar-refractivity contribution < 1.29 is 9.53 Å². The summed E-state index contributed by atoms with van der Waals surface area (Å²) < 4.78 is 5.27. The van der Waals surface area contributed by atoms with Crippen molar-refractivity contribution in [1.82, 2.24) is 5.32 Å². The number of carbonyl (C=O) groups excluding carboxylic acids is 1. The third-order valence-electron chi connectivity index (χ3n) is 3.35. The minimum atomic E-state index is -0.551. The fourth-order valence-corrected chi connectivity index (χ4v) is 2.49. The van der Waals surface area contributed by atoms with Crippen LogP contribution in [0.15, 0.2) is 29.4 Å². The number of nitrogens with one attached hydrogen (secondary N) is 1. The first-order valence-electron chi connectivity index (χ1n) is 6.99. The smallest absolute Gasteiger partial charge is 0.407 e. The van der Waals surface area contributed by atoms with E-state index in [0.717, 1.165) is 5.56 Å². The Hall–Kier alpha value is -2.20. The molecule has 0 spiro atoms. The molecular weight excluding hydrogens is 268 g/mol. The van der Waals surface area contributed by atoms with Crippen LogP contribution in [0.4, 0.5) is 4.79 Å². The van der Waals surface area contributed by atoms with E-state index in [1.165, 1.54) is 5.56 Å². The number of fused-ring (bicyclic) bond motifs is 1. The first-order chi connectivity index (χ1) is 9.89. The Labute approximate surface area is 124 Å². The van der Waals surface area contributed by atoms with Crippen LogP contribution in [0, 0.1) is 0 Å². The van der Waals surface area contributed by atoms with Gasteiger partial charge in [-0.2, -0.15) is 0 Å². The van der Waals surface area contributed by atoms with Crippen molar-refractivity contribution in [3.8, 4) is 0 Å². The summed E-state index contributed by atoms with van der Waals surface area (Å²) in [4.78, 5) is 14.8. The van der Waals surface area contributed by atoms with Gasteiger partial charge in [-0.1, -0.05) is 29.4 Å². The van der Waals surface area contributed by atoms with Gasteiger partial charge in [0.05, 0.1) is 6.04 Å². The second-order valence-corrected chi connectivity index (χ2v) is 6.20. The lowest BCUT2D eigenvalue weighted by Crippen LogP contribution is -2.48. The van der Waals surface area contributed by atoms with Crippen molar-refractivity contribution in [2.45, 2.75) is 51.3 Å². The molecule has 1 amide bonds. The van der Waals surface area contributed by atoms with E-state index in [2.05, 4.69) is 15.3 Å². The van der Waals surface area contributed by atoms with E-state index >= 15 is 0 Å². The molecule has 1 aliphatic rings. The molecule has 1 N–H and O–H groups in total. The third kappa shape index (κ3) is 4.13. The maximum atomic E-state index is 11.9. The number of carbonyl (C=O) groups is 1. The topological polar surface area (TPSA) is 87.1 Å². The van der Waals surface area contributed by atoms with Gasteiger partial charge >= 0.3 is 6.09 Å². The minimum absolute atomic E-state index is 0.245. The van der Waals surface area contributed by atoms with Crippen LogP contribution in [-0.4, -0.2) is 23.8 Å². The average molecular weight is 288 g/mol. The summed E-state index contributed by atoms with van der Waals surface area (Å²) in [6.07, 6.45) is 0.782. The molecule has 0 bridgehead atoms. The molecule has 0 heterocycles. The fraction of sp³-hybridized carbons (Fsp3) is 0.533. The fourth-order valence-electron chi connectivity index (χ4n) is 2.49. The summed E-state index contributed by atoms with van der Waals surface area (Å²) in [6, 6.07) is 7.46. The first kappa shape index (κ1) is 15.2. The molecule has 112 valence electrons. The van der Waals surface area contributed by atoms with E-state index in [9.17, 15) is 4.79 Å². The van der Waals surface area contributed by atoms with Crippen LogP contribution in [0.5, 0.6) is 0 Å². The van der Waals surface area contributed by atoms with Crippen LogP contribution in [0.1, 0.15) is 31.9 Å². The number of ether oxygens (including phenoxy) is 1. The summed E-state index contributed by atoms with van der Waals surface area (Å²) in [5.41, 5.74) is 10.5. The molecule has 0 saturated carbocycles. The largest absolute Gasteiger partial charge is 0.444 e. The number of amides is 1. The zero-order valence-corrected chi connectivity index (χ0v) is 12.5. The second-order valence-electron chi connectivity index (χ2n) is 6.20. The Morgan fingerprint density at radius 1 is 1.33 bits per heavy atom. The van der Waals surface area contributed by atoms with Crippen LogP contribution in [0.2, 0.25) is 0 Å². The van der Waals surface area contributed by atoms with Crippen LogP contribution in [0.3, 0.4) is 0 Å². The van der Waals surface area contributed by atoms with Crippen molar-refractivity contribution >= 4 is 6.09 Å². The number of alkyl carbamates (subject to hydrolysis) is 1. The maximum Gasteiger partial charge on any atom is 0.407 e. The van der Waals surface area contributed by atoms with E-state index in [1.807, 2.05) is 45.0 Å². The third-order valence-corrected chi connectivity index (χ3v) is 3.35. The van der Waals surface area contributed by atoms with Crippen molar-refractivity contribution in [1.29, 1.82) is 0 Å². The molecule has 6 nitrogen and oxygen atoms in total. The molecule has 1 aromatic rings. The summed E-state index contributed by atoms with van der Waals surface area (Å²) in [5.74, 6) is 0. The van der Waals surface area contributed by atoms with E-state index in [0.29, 0.717) is 12.8 Å². The standard InChI is InChI=1S/C15H20N4O2/c1-15(2,3)21-14(20)17-12-8-10-6-4-5-7-11(10)9-13(12)18-19-16/h4-7,12-13H,8-9H2,1-3H3,(H,17,20)/t12-,13+/m1/s1. The van der Waals surface area contributed by atoms with Gasteiger partial charge in [-0.15, -0.1) is 0 Å². The first-order valence-corrected chi connectivity index (χ1v) is 6.99. The number of hydrogen-bond donors (Lipinski definition) is 1. The lowest BCUT2D eigenvalue weighted by atomic mass is 9.85. The number of rotatable bonds is 2. The lowest BCUT2D eigenvalue weighted by Gasteiger charge is -2.31. The highest BCUT2D eigenvalue weighted by Gasteiger charge is 2.30. The molecule has 1 aromatic carbocycles. The zero-order chi connectivity index (χ0) is 15.5. The Morgan fingerprint density at radius 3 is 2.52 bits per heavy atom. The van der Waals surface area contributed by atoms with E-state index in [1.54, 1.807) is 0 Å². The highest BCUT2D eigenvalue weighted by molar-refractivity contribution is 5.68. The van der Waals surface area contributed by atoms with Crippen molar-refractivity contribution in [2.75, 3.05) is 0 Å². The Kier molecular flexibility index (Phi) is 4.38. The molecule has 0 radical (unpaired) electrons. The molecule has 21 heavy (non-hydrogen) atoms. The summed E-state index contributed by atoms with van der Waals surface area (Å²) in [7, 11) is 0. The van der Waals surface area contributed by atoms with Crippen LogP contribution >= 0.6 is 0 Å². The van der Waals surface area contributed by atoms with Crippen molar-refractivity contribution in [3.05, 3.63) is 45.8 Å². The number of benzene rings is 1. The Bertz CT molecular complexity index is 573. The molecule has 1 aliphatic carbocycles. The zero-order valence-electron chi connectivity index (χ0n) is 12.5. The van der Waals surface area contributed by atoms with E-state index < -0.39 is 11.7 Å². The van der Waals surface area contributed by atoms with Gasteiger partial charge in [0.2, 0.25) is 0 Å². The van der Waals surface area contributed by atoms with Gasteiger partial charge in [0.25, 0.3) is 0 Å². The quantitative estimate of drug-likeness (QED) is 0.514. The van der Waals surface area contributed by atoms with E-state index in [4.69, 9.17) is 10.3 Å². The number of nitrogens with zero attached hydrogens (tertiary/aromatic N) is 3. The molecule has 6 heteroatoms. The number of hydrogen-bond acceptors (Lipinski definition) is 3. The molecule has 0 fully saturated rings. The molecule has 0 aliphatic heterocycles. The van der Waals surface area contributed by atoms with Crippen molar-refractivity contribution in [3.63, 3.8) is 0 Å². The predicted octanol–water partition coefficient (Wildman–Crippen LogP) is 3.36. The van der Waals surface area contributed by atoms with Gasteiger partial charge < -0.3 is 10.1 Å². The summed E-state index contributed by atoms with van der Waals surface area (Å²) in [6.45, 7) is 5.44. The van der Waals surface area contributed by atoms with Gasteiger partial charge in [-0.05, 0) is 50.3 Å². The predicted molar refractivity (Wildman–Crippen MR) is 79.9 cm³/mol. The summed E-state index contributed by atoms with van der Waals surface area (Å²) in [5, 5.41) is 6.65. The summed E-state index contributed by atoms with van der Waals surface area (Å²) >= 11 is 0. The second kappa shape index (κ2) is 6.06. The normalized spacial score (nSPS) is 20.9. The van der Waals surface area contributed by atoms with Gasteiger partial charge in [0.15, 0.2) is 0 Å². The molecule has 0 saturated heterocycles. The van der Waals surface area contributed by atoms with Gasteiger partial charge in [0.1, 0.15) is 5.60 Å². The molecule has 2 atom stereocenters. The SMILES string of the molecule is CC(C)(C)OC(=O)N[C@@H]1Cc2ccccc2C[C@@H]1N=[N+]=[N-]. The maximum absolute atomic E-state index is 11.9. The minimum Gasteiger partial charge on any atom is -0.444 e. The van der Waals surface area contributed by atoms with Crippen LogP contribution in [0.25, 0.3) is 10.4 Å². The lowest BCUT2D eigenvalue weighted by molar-refractivity contribution is 0.0494. The van der Waals surface area contributed by atoms with E-state index in [-0.39, 0.29) is 12.1 Å². The van der Waals surface area contributed by atoms with Gasteiger partial charge in [0, 0.05) is 11.0 Å². The molecular formula is C15H20N4O2. The Balaban J connectivity index is 2.13. The average Bonchev–Trinajstić information content (AvgIpc) is 2.37. The van der Waals surface area contributed by atoms with Crippen LogP contribution < -0.4 is 5.32 Å². The van der Waals surface area contributed by atoms with Gasteiger partial charge in [-0.3, -0.25) is 0 Å². The van der Waals surface area contributed by atoms with Gasteiger partial charge in [-0.25, -0.2) is 4.79 Å². The van der Waals surface area contributed by atoms with Crippen LogP contribution in [-0.2, 0) is 17.6 Å². The molecule has 0 aromatic heterocycles. The van der Waals surface area contributed by atoms with Crippen molar-refractivity contribution in [2.24, 2.45) is 5.11 Å². The highest BCUT2D eigenvalue weighted by atomic mass is 16.6. The molecule has 0 unspecified atom stereocenters. The molecule has 2 rings (SSSR count). The highest BCUT2D eigenvalue weighted by Crippen LogP contribution is 2.24. The number of azide groups is 1. The monoisotopic (exact) mass is 288 g/mol. The Morgan fingerprint density at radius 2 is 1.95 bits per heavy atom.